The van der Waals surface area contributed by atoms with E-state index < -0.39 is 0 Å². The molecule has 120 valence electrons. The molecule has 6 heteroatoms. The van der Waals surface area contributed by atoms with Crippen LogP contribution in [0.5, 0.6) is 0 Å². The highest BCUT2D eigenvalue weighted by Gasteiger charge is 2.63. The number of carbonyl (C=O) groups excluding carboxylic acids is 1. The van der Waals surface area contributed by atoms with E-state index in [1.165, 1.54) is 0 Å². The Balaban J connectivity index is 1.54. The van der Waals surface area contributed by atoms with Gasteiger partial charge in [-0.15, -0.1) is 0 Å². The number of hydrogen-bond acceptors (Lipinski definition) is 4. The highest BCUT2D eigenvalue weighted by molar-refractivity contribution is 6.29. The van der Waals surface area contributed by atoms with Crippen LogP contribution in [-0.4, -0.2) is 61.1 Å². The molecule has 0 aromatic carbocycles. The average molecular weight is 325 g/mol. The Kier molecular flexibility index (Phi) is 3.29. The Morgan fingerprint density at radius 1 is 1.50 bits per heavy atom. The molecule has 0 N–H and O–H groups in total. The number of amides is 1. The molecular weight excluding hydrogens is 304 g/mol. The molecule has 22 heavy (non-hydrogen) atoms. The van der Waals surface area contributed by atoms with E-state index in [9.17, 15) is 4.79 Å². The van der Waals surface area contributed by atoms with Gasteiger partial charge in [0.05, 0.1) is 18.2 Å². The van der Waals surface area contributed by atoms with E-state index in [4.69, 9.17) is 20.8 Å². The fraction of sp³-hybridized carbons (Fsp3) is 0.688. The van der Waals surface area contributed by atoms with Crippen molar-refractivity contribution in [1.29, 1.82) is 0 Å². The van der Waals surface area contributed by atoms with Gasteiger partial charge >= 0.3 is 0 Å². The van der Waals surface area contributed by atoms with Crippen molar-refractivity contribution in [3.8, 4) is 0 Å². The van der Waals surface area contributed by atoms with Crippen molar-refractivity contribution in [2.24, 2.45) is 11.8 Å². The molecule has 5 nitrogen and oxygen atoms in total. The van der Waals surface area contributed by atoms with Crippen LogP contribution in [0.4, 0.5) is 0 Å². The van der Waals surface area contributed by atoms with E-state index >= 15 is 0 Å². The van der Waals surface area contributed by atoms with Crippen molar-refractivity contribution in [2.75, 3.05) is 33.7 Å². The van der Waals surface area contributed by atoms with E-state index in [1.54, 1.807) is 12.1 Å². The van der Waals surface area contributed by atoms with Gasteiger partial charge in [0.25, 0.3) is 5.91 Å². The third-order valence-electron chi connectivity index (χ3n) is 5.43. The molecule has 1 aromatic rings. The van der Waals surface area contributed by atoms with Crippen molar-refractivity contribution in [1.82, 2.24) is 9.80 Å². The Bertz CT molecular complexity index is 602. The first kappa shape index (κ1) is 14.5. The number of carbonyl (C=O) groups is 1. The number of furan rings is 1. The van der Waals surface area contributed by atoms with Gasteiger partial charge < -0.3 is 19.0 Å². The molecule has 3 fully saturated rings. The lowest BCUT2D eigenvalue weighted by Gasteiger charge is -2.30. The second-order valence-corrected chi connectivity index (χ2v) is 7.45. The first-order valence-electron chi connectivity index (χ1n) is 7.86. The van der Waals surface area contributed by atoms with Crippen molar-refractivity contribution < 1.29 is 13.9 Å². The molecule has 1 amide bonds. The third-order valence-corrected chi connectivity index (χ3v) is 5.63. The molecule has 1 aromatic heterocycles. The van der Waals surface area contributed by atoms with Crippen molar-refractivity contribution in [2.45, 2.75) is 24.5 Å². The Hall–Kier alpha value is -1.04. The second-order valence-electron chi connectivity index (χ2n) is 7.08. The minimum Gasteiger partial charge on any atom is -0.440 e. The highest BCUT2D eigenvalue weighted by Crippen LogP contribution is 2.55. The maximum atomic E-state index is 12.6. The van der Waals surface area contributed by atoms with Crippen molar-refractivity contribution in [3.63, 3.8) is 0 Å². The van der Waals surface area contributed by atoms with Crippen LogP contribution in [0.1, 0.15) is 23.4 Å². The maximum absolute atomic E-state index is 12.6. The lowest BCUT2D eigenvalue weighted by atomic mass is 9.73. The summed E-state index contributed by atoms with van der Waals surface area (Å²) >= 11 is 5.78. The van der Waals surface area contributed by atoms with Crippen LogP contribution in [0.25, 0.3) is 0 Å². The SMILES string of the molecule is CN(C)C[C@H]1[C@H]2CN(C(=O)c3ccc(Cl)o3)C[C@]23CC[C@H]1O3. The standard InChI is InChI=1S/C16H21ClN2O3/c1-18(2)7-10-11-8-19(9-16(11)6-5-12(10)22-16)15(20)13-3-4-14(17)21-13/h3-4,10-12H,5-9H2,1-2H3/t10-,11+,12+,16+/m0/s1. The van der Waals surface area contributed by atoms with Gasteiger partial charge in [-0.3, -0.25) is 4.79 Å². The van der Waals surface area contributed by atoms with Crippen LogP contribution >= 0.6 is 11.6 Å². The fourth-order valence-electron chi connectivity index (χ4n) is 4.60. The van der Waals surface area contributed by atoms with Crippen LogP contribution in [0.3, 0.4) is 0 Å². The van der Waals surface area contributed by atoms with Gasteiger partial charge in [0.2, 0.25) is 0 Å². The minimum absolute atomic E-state index is 0.0775. The molecule has 0 aliphatic carbocycles. The molecule has 0 saturated carbocycles. The summed E-state index contributed by atoms with van der Waals surface area (Å²) in [6.07, 6.45) is 2.54. The van der Waals surface area contributed by atoms with Crippen LogP contribution in [-0.2, 0) is 4.74 Å². The van der Waals surface area contributed by atoms with Gasteiger partial charge in [0.1, 0.15) is 0 Å². The second kappa shape index (κ2) is 4.98. The molecule has 4 atom stereocenters. The number of likely N-dealkylation sites (tertiary alicyclic amines) is 1. The quantitative estimate of drug-likeness (QED) is 0.854. The molecular formula is C16H21ClN2O3. The van der Waals surface area contributed by atoms with Gasteiger partial charge in [-0.1, -0.05) is 0 Å². The number of halogens is 1. The fourth-order valence-corrected chi connectivity index (χ4v) is 4.74. The molecule has 4 heterocycles. The molecule has 3 saturated heterocycles. The zero-order chi connectivity index (χ0) is 15.5. The van der Waals surface area contributed by atoms with E-state index in [0.717, 1.165) is 25.9 Å². The molecule has 1 spiro atoms. The number of fused-ring (bicyclic) bond motifs is 1. The van der Waals surface area contributed by atoms with E-state index in [2.05, 4.69) is 19.0 Å². The summed E-state index contributed by atoms with van der Waals surface area (Å²) in [7, 11) is 4.20. The summed E-state index contributed by atoms with van der Waals surface area (Å²) in [6, 6.07) is 3.26. The maximum Gasteiger partial charge on any atom is 0.289 e. The zero-order valence-electron chi connectivity index (χ0n) is 12.9. The highest BCUT2D eigenvalue weighted by atomic mass is 35.5. The first-order valence-corrected chi connectivity index (χ1v) is 8.23. The van der Waals surface area contributed by atoms with Crippen LogP contribution in [0.2, 0.25) is 5.22 Å². The third kappa shape index (κ3) is 2.10. The Morgan fingerprint density at radius 3 is 3.00 bits per heavy atom. The van der Waals surface area contributed by atoms with Gasteiger partial charge in [0, 0.05) is 24.9 Å². The lowest BCUT2D eigenvalue weighted by Crippen LogP contribution is -2.40. The average Bonchev–Trinajstić information content (AvgIpc) is 3.18. The zero-order valence-corrected chi connectivity index (χ0v) is 13.7. The van der Waals surface area contributed by atoms with E-state index in [-0.39, 0.29) is 16.7 Å². The van der Waals surface area contributed by atoms with E-state index in [0.29, 0.717) is 30.2 Å². The van der Waals surface area contributed by atoms with Crippen LogP contribution in [0.15, 0.2) is 16.5 Å². The van der Waals surface area contributed by atoms with Gasteiger partial charge in [0.15, 0.2) is 11.0 Å². The predicted octanol–water partition coefficient (Wildman–Crippen LogP) is 2.11. The minimum atomic E-state index is -0.128. The molecule has 3 aliphatic heterocycles. The van der Waals surface area contributed by atoms with Crippen LogP contribution < -0.4 is 0 Å². The summed E-state index contributed by atoms with van der Waals surface area (Å²) in [5.41, 5.74) is -0.128. The molecule has 0 unspecified atom stereocenters. The van der Waals surface area contributed by atoms with Gasteiger partial charge in [-0.2, -0.15) is 0 Å². The molecule has 3 aliphatic rings. The summed E-state index contributed by atoms with van der Waals surface area (Å²) < 4.78 is 11.6. The summed E-state index contributed by atoms with van der Waals surface area (Å²) in [4.78, 5) is 16.7. The number of nitrogens with zero attached hydrogens (tertiary/aromatic N) is 2. The lowest BCUT2D eigenvalue weighted by molar-refractivity contribution is 0.00225. The summed E-state index contributed by atoms with van der Waals surface area (Å²) in [5.74, 6) is 1.19. The number of rotatable bonds is 3. The number of ether oxygens (including phenoxy) is 1. The Morgan fingerprint density at radius 2 is 2.32 bits per heavy atom. The Labute approximate surface area is 135 Å². The largest absolute Gasteiger partial charge is 0.440 e. The molecule has 2 bridgehead atoms. The monoisotopic (exact) mass is 324 g/mol. The van der Waals surface area contributed by atoms with Crippen LogP contribution in [0, 0.1) is 11.8 Å². The summed E-state index contributed by atoms with van der Waals surface area (Å²) in [6.45, 7) is 2.45. The number of hydrogen-bond donors (Lipinski definition) is 0. The van der Waals surface area contributed by atoms with Gasteiger partial charge in [-0.05, 0) is 50.7 Å². The van der Waals surface area contributed by atoms with Crippen molar-refractivity contribution in [3.05, 3.63) is 23.1 Å². The van der Waals surface area contributed by atoms with E-state index in [1.807, 2.05) is 4.90 Å². The normalized spacial score (nSPS) is 36.4. The summed E-state index contributed by atoms with van der Waals surface area (Å²) in [5, 5.41) is 0.253. The van der Waals surface area contributed by atoms with Crippen molar-refractivity contribution >= 4 is 17.5 Å². The molecule has 4 rings (SSSR count). The van der Waals surface area contributed by atoms with Gasteiger partial charge in [-0.25, -0.2) is 0 Å². The first-order chi connectivity index (χ1) is 10.5. The topological polar surface area (TPSA) is 45.9 Å². The predicted molar refractivity (Wildman–Crippen MR) is 82.0 cm³/mol. The molecule has 0 radical (unpaired) electrons. The smallest absolute Gasteiger partial charge is 0.289 e.